The molecule has 2 unspecified atom stereocenters. The van der Waals surface area contributed by atoms with E-state index < -0.39 is 0 Å². The molecule has 108 valence electrons. The summed E-state index contributed by atoms with van der Waals surface area (Å²) < 4.78 is 0. The molecule has 0 amide bonds. The van der Waals surface area contributed by atoms with Crippen LogP contribution in [0.25, 0.3) is 0 Å². The van der Waals surface area contributed by atoms with Crippen LogP contribution in [-0.2, 0) is 13.5 Å². The van der Waals surface area contributed by atoms with Crippen LogP contribution in [0.2, 0.25) is 0 Å². The molecule has 1 aromatic heterocycles. The number of nitrogens with two attached hydrogens (primary N) is 1. The van der Waals surface area contributed by atoms with Gasteiger partial charge in [0, 0.05) is 18.0 Å². The summed E-state index contributed by atoms with van der Waals surface area (Å²) in [6, 6.07) is 0.0415. The Balaban J connectivity index is 2.06. The fourth-order valence-corrected chi connectivity index (χ4v) is 2.95. The van der Waals surface area contributed by atoms with E-state index >= 15 is 0 Å². The van der Waals surface area contributed by atoms with Crippen LogP contribution >= 0.6 is 0 Å². The minimum atomic E-state index is 0.0274. The van der Waals surface area contributed by atoms with Gasteiger partial charge in [0.15, 0.2) is 5.82 Å². The van der Waals surface area contributed by atoms with Gasteiger partial charge in [-0.2, -0.15) is 4.80 Å². The SMILES string of the molecule is CCC(C)(C(N)Cc1nnn(C)n1)N1CCCCC1. The second-order valence-corrected chi connectivity index (χ2v) is 5.76. The maximum atomic E-state index is 6.48. The molecule has 0 radical (unpaired) electrons. The van der Waals surface area contributed by atoms with E-state index in [9.17, 15) is 0 Å². The van der Waals surface area contributed by atoms with Gasteiger partial charge in [0.25, 0.3) is 0 Å². The van der Waals surface area contributed by atoms with E-state index in [0.29, 0.717) is 6.42 Å². The maximum absolute atomic E-state index is 6.48. The monoisotopic (exact) mass is 266 g/mol. The number of hydrogen-bond donors (Lipinski definition) is 1. The fraction of sp³-hybridized carbons (Fsp3) is 0.923. The van der Waals surface area contributed by atoms with E-state index in [2.05, 4.69) is 34.2 Å². The highest BCUT2D eigenvalue weighted by molar-refractivity contribution is 4.99. The number of hydrogen-bond acceptors (Lipinski definition) is 5. The molecule has 0 saturated carbocycles. The van der Waals surface area contributed by atoms with Crippen LogP contribution in [0.4, 0.5) is 0 Å². The van der Waals surface area contributed by atoms with Crippen molar-refractivity contribution >= 4 is 0 Å². The molecular weight excluding hydrogens is 240 g/mol. The molecule has 2 rings (SSSR count). The Morgan fingerprint density at radius 3 is 2.53 bits per heavy atom. The Bertz CT molecular complexity index is 398. The van der Waals surface area contributed by atoms with Crippen molar-refractivity contribution in [2.45, 2.75) is 57.5 Å². The second-order valence-electron chi connectivity index (χ2n) is 5.76. The molecule has 1 saturated heterocycles. The molecule has 0 aliphatic carbocycles. The van der Waals surface area contributed by atoms with Crippen LogP contribution in [-0.4, -0.2) is 49.8 Å². The first-order valence-corrected chi connectivity index (χ1v) is 7.29. The summed E-state index contributed by atoms with van der Waals surface area (Å²) in [5.41, 5.74) is 6.50. The molecular formula is C13H26N6. The summed E-state index contributed by atoms with van der Waals surface area (Å²) in [4.78, 5) is 4.05. The van der Waals surface area contributed by atoms with E-state index in [1.807, 2.05) is 0 Å². The van der Waals surface area contributed by atoms with Crippen molar-refractivity contribution in [3.63, 3.8) is 0 Å². The van der Waals surface area contributed by atoms with Crippen molar-refractivity contribution in [3.8, 4) is 0 Å². The molecule has 1 aliphatic rings. The normalized spacial score (nSPS) is 22.1. The van der Waals surface area contributed by atoms with Crippen LogP contribution in [0.1, 0.15) is 45.4 Å². The highest BCUT2D eigenvalue weighted by atomic mass is 15.6. The van der Waals surface area contributed by atoms with Gasteiger partial charge in [0.05, 0.1) is 7.05 Å². The molecule has 2 atom stereocenters. The zero-order valence-electron chi connectivity index (χ0n) is 12.3. The quantitative estimate of drug-likeness (QED) is 0.850. The average molecular weight is 266 g/mol. The Kier molecular flexibility index (Phi) is 4.52. The predicted molar refractivity (Wildman–Crippen MR) is 74.6 cm³/mol. The van der Waals surface area contributed by atoms with Crippen LogP contribution in [0.5, 0.6) is 0 Å². The smallest absolute Gasteiger partial charge is 0.176 e. The van der Waals surface area contributed by atoms with E-state index in [1.165, 1.54) is 24.1 Å². The van der Waals surface area contributed by atoms with E-state index in [0.717, 1.165) is 25.3 Å². The predicted octanol–water partition coefficient (Wildman–Crippen LogP) is 0.735. The molecule has 1 aromatic rings. The third-order valence-corrected chi connectivity index (χ3v) is 4.55. The van der Waals surface area contributed by atoms with Gasteiger partial charge in [-0.15, -0.1) is 10.2 Å². The summed E-state index contributed by atoms with van der Waals surface area (Å²) in [6.45, 7) is 6.82. The van der Waals surface area contributed by atoms with E-state index in [1.54, 1.807) is 7.05 Å². The summed E-state index contributed by atoms with van der Waals surface area (Å²) in [5, 5.41) is 12.2. The molecule has 0 aromatic carbocycles. The topological polar surface area (TPSA) is 72.9 Å². The number of aryl methyl sites for hydroxylation is 1. The van der Waals surface area contributed by atoms with Crippen molar-refractivity contribution in [2.75, 3.05) is 13.1 Å². The van der Waals surface area contributed by atoms with Crippen molar-refractivity contribution in [1.29, 1.82) is 0 Å². The number of likely N-dealkylation sites (tertiary alicyclic amines) is 1. The van der Waals surface area contributed by atoms with Gasteiger partial charge in [-0.05, 0) is 44.5 Å². The van der Waals surface area contributed by atoms with Gasteiger partial charge in [0.1, 0.15) is 0 Å². The van der Waals surface area contributed by atoms with Gasteiger partial charge in [0.2, 0.25) is 0 Å². The summed E-state index contributed by atoms with van der Waals surface area (Å²) in [5.74, 6) is 0.742. The van der Waals surface area contributed by atoms with Crippen LogP contribution in [0, 0.1) is 0 Å². The molecule has 6 heteroatoms. The molecule has 6 nitrogen and oxygen atoms in total. The maximum Gasteiger partial charge on any atom is 0.176 e. The summed E-state index contributed by atoms with van der Waals surface area (Å²) in [6.07, 6.45) is 5.65. The Labute approximate surface area is 115 Å². The number of tetrazole rings is 1. The van der Waals surface area contributed by atoms with Crippen molar-refractivity contribution in [1.82, 2.24) is 25.1 Å². The number of piperidine rings is 1. The van der Waals surface area contributed by atoms with Crippen molar-refractivity contribution in [2.24, 2.45) is 12.8 Å². The van der Waals surface area contributed by atoms with Crippen LogP contribution in [0.3, 0.4) is 0 Å². The first kappa shape index (κ1) is 14.4. The Morgan fingerprint density at radius 2 is 2.00 bits per heavy atom. The van der Waals surface area contributed by atoms with Gasteiger partial charge < -0.3 is 5.73 Å². The number of rotatable bonds is 5. The lowest BCUT2D eigenvalue weighted by Gasteiger charge is -2.46. The summed E-state index contributed by atoms with van der Waals surface area (Å²) in [7, 11) is 1.78. The molecule has 2 N–H and O–H groups in total. The van der Waals surface area contributed by atoms with Gasteiger partial charge in [-0.1, -0.05) is 13.3 Å². The third kappa shape index (κ3) is 3.12. The largest absolute Gasteiger partial charge is 0.326 e. The minimum Gasteiger partial charge on any atom is -0.326 e. The van der Waals surface area contributed by atoms with Gasteiger partial charge in [-0.3, -0.25) is 4.90 Å². The van der Waals surface area contributed by atoms with Gasteiger partial charge >= 0.3 is 0 Å². The first-order valence-electron chi connectivity index (χ1n) is 7.29. The average Bonchev–Trinajstić information content (AvgIpc) is 2.84. The molecule has 0 spiro atoms. The Morgan fingerprint density at radius 1 is 1.32 bits per heavy atom. The molecule has 1 fully saturated rings. The Hall–Kier alpha value is -1.01. The fourth-order valence-electron chi connectivity index (χ4n) is 2.95. The number of nitrogens with zero attached hydrogens (tertiary/aromatic N) is 5. The molecule has 19 heavy (non-hydrogen) atoms. The second kappa shape index (κ2) is 5.96. The number of aromatic nitrogens is 4. The van der Waals surface area contributed by atoms with E-state index in [4.69, 9.17) is 5.73 Å². The van der Waals surface area contributed by atoms with Crippen LogP contribution < -0.4 is 5.73 Å². The lowest BCUT2D eigenvalue weighted by molar-refractivity contribution is 0.0540. The third-order valence-electron chi connectivity index (χ3n) is 4.55. The van der Waals surface area contributed by atoms with E-state index in [-0.39, 0.29) is 11.6 Å². The molecule has 1 aliphatic heterocycles. The molecule has 0 bridgehead atoms. The zero-order chi connectivity index (χ0) is 13.9. The highest BCUT2D eigenvalue weighted by Gasteiger charge is 2.37. The lowest BCUT2D eigenvalue weighted by atomic mass is 9.84. The highest BCUT2D eigenvalue weighted by Crippen LogP contribution is 2.27. The minimum absolute atomic E-state index is 0.0274. The van der Waals surface area contributed by atoms with Crippen molar-refractivity contribution < 1.29 is 0 Å². The zero-order valence-corrected chi connectivity index (χ0v) is 12.3. The van der Waals surface area contributed by atoms with Crippen molar-refractivity contribution in [3.05, 3.63) is 5.82 Å². The van der Waals surface area contributed by atoms with Crippen LogP contribution in [0.15, 0.2) is 0 Å². The van der Waals surface area contributed by atoms with Gasteiger partial charge in [-0.25, -0.2) is 0 Å². The lowest BCUT2D eigenvalue weighted by Crippen LogP contribution is -2.59. The standard InChI is InChI=1S/C13H26N6/c1-4-13(2,19-8-6-5-7-9-19)11(14)10-12-15-17-18(3)16-12/h11H,4-10,14H2,1-3H3. The first-order chi connectivity index (χ1) is 9.06. The summed E-state index contributed by atoms with van der Waals surface area (Å²) >= 11 is 0. The molecule has 2 heterocycles.